The van der Waals surface area contributed by atoms with Crippen LogP contribution in [0.15, 0.2) is 42.9 Å². The molecule has 6 heteroatoms. The smallest absolute Gasteiger partial charge is 0.180 e. The molecule has 0 aliphatic carbocycles. The van der Waals surface area contributed by atoms with Crippen LogP contribution in [0.25, 0.3) is 16.9 Å². The fourth-order valence-electron chi connectivity index (χ4n) is 3.06. The monoisotopic (exact) mass is 310 g/mol. The van der Waals surface area contributed by atoms with Crippen LogP contribution in [0.3, 0.4) is 0 Å². The fraction of sp³-hybridized carbons (Fsp3) is 0.294. The first-order valence-corrected chi connectivity index (χ1v) is 7.66. The maximum Gasteiger partial charge on any atom is 0.180 e. The molecule has 1 unspecified atom stereocenters. The van der Waals surface area contributed by atoms with Gasteiger partial charge >= 0.3 is 0 Å². The van der Waals surface area contributed by atoms with Gasteiger partial charge in [-0.2, -0.15) is 0 Å². The average Bonchev–Trinajstić information content (AvgIpc) is 3.21. The molecule has 0 radical (unpaired) electrons. The van der Waals surface area contributed by atoms with Crippen LogP contribution in [0, 0.1) is 0 Å². The fourth-order valence-corrected chi connectivity index (χ4v) is 3.06. The summed E-state index contributed by atoms with van der Waals surface area (Å²) in [5.41, 5.74) is 2.83. The van der Waals surface area contributed by atoms with Crippen LogP contribution in [0.2, 0.25) is 0 Å². The zero-order chi connectivity index (χ0) is 15.8. The number of nitrogens with zero attached hydrogens (tertiary/aromatic N) is 4. The summed E-state index contributed by atoms with van der Waals surface area (Å²) >= 11 is 0. The molecule has 1 N–H and O–H groups in total. The number of imidazole rings is 1. The van der Waals surface area contributed by atoms with E-state index >= 15 is 0 Å². The molecule has 1 aliphatic heterocycles. The first-order valence-electron chi connectivity index (χ1n) is 7.66. The Morgan fingerprint density at radius 2 is 2.22 bits per heavy atom. The summed E-state index contributed by atoms with van der Waals surface area (Å²) in [5.74, 6) is 1.63. The van der Waals surface area contributed by atoms with Gasteiger partial charge in [0.2, 0.25) is 0 Å². The maximum absolute atomic E-state index is 9.76. The van der Waals surface area contributed by atoms with E-state index in [0.29, 0.717) is 6.54 Å². The van der Waals surface area contributed by atoms with Gasteiger partial charge in [0.25, 0.3) is 0 Å². The van der Waals surface area contributed by atoms with E-state index in [-0.39, 0.29) is 6.10 Å². The Kier molecular flexibility index (Phi) is 3.38. The minimum atomic E-state index is -0.287. The van der Waals surface area contributed by atoms with Gasteiger partial charge < -0.3 is 14.7 Å². The number of hydrogen-bond donors (Lipinski definition) is 1. The molecule has 0 bridgehead atoms. The standard InChI is InChI=1S/C17H18N4O2/c1-23-14-4-2-3-12(9-14)15-10-19-17-16(18-6-8-21(15)17)20-7-5-13(22)11-20/h2-4,6,8-10,13,22H,5,7,11H2,1H3. The molecule has 3 heterocycles. The molecule has 1 aromatic carbocycles. The van der Waals surface area contributed by atoms with E-state index in [2.05, 4.69) is 14.9 Å². The number of rotatable bonds is 3. The van der Waals surface area contributed by atoms with Crippen LogP contribution in [-0.2, 0) is 0 Å². The van der Waals surface area contributed by atoms with Gasteiger partial charge in [0.15, 0.2) is 11.5 Å². The highest BCUT2D eigenvalue weighted by Crippen LogP contribution is 2.28. The van der Waals surface area contributed by atoms with Crippen molar-refractivity contribution in [1.29, 1.82) is 0 Å². The van der Waals surface area contributed by atoms with Gasteiger partial charge in [-0.1, -0.05) is 12.1 Å². The normalized spacial score (nSPS) is 17.8. The van der Waals surface area contributed by atoms with Gasteiger partial charge in [0, 0.05) is 31.0 Å². The maximum atomic E-state index is 9.76. The van der Waals surface area contributed by atoms with Gasteiger partial charge in [-0.3, -0.25) is 4.40 Å². The minimum absolute atomic E-state index is 0.287. The van der Waals surface area contributed by atoms with Crippen LogP contribution < -0.4 is 9.64 Å². The first kappa shape index (κ1) is 14.0. The van der Waals surface area contributed by atoms with E-state index in [1.54, 1.807) is 13.3 Å². The van der Waals surface area contributed by atoms with Crippen molar-refractivity contribution < 1.29 is 9.84 Å². The predicted molar refractivity (Wildman–Crippen MR) is 87.8 cm³/mol. The quantitative estimate of drug-likeness (QED) is 0.801. The van der Waals surface area contributed by atoms with Crippen LogP contribution in [0.4, 0.5) is 5.82 Å². The highest BCUT2D eigenvalue weighted by atomic mass is 16.5. The third kappa shape index (κ3) is 2.41. The molecule has 3 aromatic rings. The molecule has 1 fully saturated rings. The van der Waals surface area contributed by atoms with Gasteiger partial charge in [-0.05, 0) is 18.6 Å². The first-order chi connectivity index (χ1) is 11.3. The SMILES string of the molecule is COc1cccc(-c2cnc3c(N4CCC(O)C4)nccn23)c1. The number of fused-ring (bicyclic) bond motifs is 1. The molecule has 2 aromatic heterocycles. The Morgan fingerprint density at radius 3 is 3.00 bits per heavy atom. The lowest BCUT2D eigenvalue weighted by Crippen LogP contribution is -2.23. The molecular formula is C17H18N4O2. The van der Waals surface area contributed by atoms with Gasteiger partial charge in [0.05, 0.1) is 25.1 Å². The van der Waals surface area contributed by atoms with Crippen molar-refractivity contribution in [1.82, 2.24) is 14.4 Å². The summed E-state index contributed by atoms with van der Waals surface area (Å²) in [6.45, 7) is 1.41. The summed E-state index contributed by atoms with van der Waals surface area (Å²) in [6.07, 6.45) is 6.02. The van der Waals surface area contributed by atoms with Gasteiger partial charge in [0.1, 0.15) is 5.75 Å². The van der Waals surface area contributed by atoms with E-state index in [1.165, 1.54) is 0 Å². The Balaban J connectivity index is 1.81. The molecule has 118 valence electrons. The number of benzene rings is 1. The highest BCUT2D eigenvalue weighted by molar-refractivity contribution is 5.72. The molecule has 4 rings (SSSR count). The predicted octanol–water partition coefficient (Wildman–Crippen LogP) is 1.98. The lowest BCUT2D eigenvalue weighted by Gasteiger charge is -2.17. The number of aliphatic hydroxyl groups is 1. The van der Waals surface area contributed by atoms with Crippen molar-refractivity contribution in [3.8, 4) is 17.0 Å². The molecule has 23 heavy (non-hydrogen) atoms. The van der Waals surface area contributed by atoms with Crippen LogP contribution >= 0.6 is 0 Å². The zero-order valence-electron chi connectivity index (χ0n) is 12.9. The second-order valence-corrected chi connectivity index (χ2v) is 5.71. The number of β-amino-alcohol motifs (C(OH)–C–C–N with tert-alkyl or cyclic N) is 1. The highest BCUT2D eigenvalue weighted by Gasteiger charge is 2.24. The van der Waals surface area contributed by atoms with E-state index in [1.807, 2.05) is 41.1 Å². The van der Waals surface area contributed by atoms with Crippen molar-refractivity contribution in [3.63, 3.8) is 0 Å². The second kappa shape index (κ2) is 5.55. The van der Waals surface area contributed by atoms with Gasteiger partial charge in [-0.25, -0.2) is 9.97 Å². The molecule has 0 amide bonds. The third-order valence-corrected chi connectivity index (χ3v) is 4.24. The van der Waals surface area contributed by atoms with Crippen LogP contribution in [0.5, 0.6) is 5.75 Å². The summed E-state index contributed by atoms with van der Waals surface area (Å²) in [6, 6.07) is 7.91. The average molecular weight is 310 g/mol. The largest absolute Gasteiger partial charge is 0.497 e. The lowest BCUT2D eigenvalue weighted by molar-refractivity contribution is 0.198. The number of ether oxygens (including phenoxy) is 1. The van der Waals surface area contributed by atoms with E-state index in [0.717, 1.165) is 41.4 Å². The molecule has 0 spiro atoms. The summed E-state index contributed by atoms with van der Waals surface area (Å²) in [5, 5.41) is 9.76. The summed E-state index contributed by atoms with van der Waals surface area (Å²) in [7, 11) is 1.66. The molecule has 0 saturated carbocycles. The van der Waals surface area contributed by atoms with Crippen LogP contribution in [-0.4, -0.2) is 45.8 Å². The Bertz CT molecular complexity index is 845. The van der Waals surface area contributed by atoms with E-state index in [9.17, 15) is 5.11 Å². The van der Waals surface area contributed by atoms with Gasteiger partial charge in [-0.15, -0.1) is 0 Å². The topological polar surface area (TPSA) is 62.9 Å². The molecule has 1 saturated heterocycles. The number of anilines is 1. The number of methoxy groups -OCH3 is 1. The van der Waals surface area contributed by atoms with E-state index in [4.69, 9.17) is 4.74 Å². The summed E-state index contributed by atoms with van der Waals surface area (Å²) < 4.78 is 7.33. The summed E-state index contributed by atoms with van der Waals surface area (Å²) in [4.78, 5) is 11.1. The zero-order valence-corrected chi connectivity index (χ0v) is 12.9. The van der Waals surface area contributed by atoms with E-state index < -0.39 is 0 Å². The Labute approximate surface area is 134 Å². The third-order valence-electron chi connectivity index (χ3n) is 4.24. The van der Waals surface area contributed by atoms with Crippen molar-refractivity contribution in [2.24, 2.45) is 0 Å². The second-order valence-electron chi connectivity index (χ2n) is 5.71. The lowest BCUT2D eigenvalue weighted by atomic mass is 10.1. The number of hydrogen-bond acceptors (Lipinski definition) is 5. The Morgan fingerprint density at radius 1 is 1.30 bits per heavy atom. The van der Waals surface area contributed by atoms with Crippen LogP contribution in [0.1, 0.15) is 6.42 Å². The van der Waals surface area contributed by atoms with Crippen molar-refractivity contribution in [2.75, 3.05) is 25.1 Å². The van der Waals surface area contributed by atoms with Crippen molar-refractivity contribution in [2.45, 2.75) is 12.5 Å². The minimum Gasteiger partial charge on any atom is -0.497 e. The molecule has 1 aliphatic rings. The van der Waals surface area contributed by atoms with Crippen molar-refractivity contribution >= 4 is 11.5 Å². The number of aliphatic hydroxyl groups excluding tert-OH is 1. The van der Waals surface area contributed by atoms with Crippen molar-refractivity contribution in [3.05, 3.63) is 42.9 Å². The Hall–Kier alpha value is -2.60. The molecular weight excluding hydrogens is 292 g/mol. The molecule has 1 atom stereocenters. The number of aromatic nitrogens is 3. The molecule has 6 nitrogen and oxygen atoms in total.